The van der Waals surface area contributed by atoms with Crippen LogP contribution in [-0.4, -0.2) is 16.8 Å². The molecule has 3 aromatic rings. The van der Waals surface area contributed by atoms with Crippen molar-refractivity contribution in [3.05, 3.63) is 52.8 Å². The number of aromatic nitrogens is 1. The lowest BCUT2D eigenvalue weighted by Gasteiger charge is -2.24. The fourth-order valence-corrected chi connectivity index (χ4v) is 3.88. The predicted octanol–water partition coefficient (Wildman–Crippen LogP) is 3.81. The van der Waals surface area contributed by atoms with E-state index in [-0.39, 0.29) is 18.2 Å². The van der Waals surface area contributed by atoms with Gasteiger partial charge in [-0.15, -0.1) is 11.3 Å². The zero-order valence-electron chi connectivity index (χ0n) is 13.3. The van der Waals surface area contributed by atoms with E-state index >= 15 is 0 Å². The highest BCUT2D eigenvalue weighted by molar-refractivity contribution is 7.18. The van der Waals surface area contributed by atoms with Crippen LogP contribution in [0.2, 0.25) is 0 Å². The molecule has 1 atom stereocenters. The van der Waals surface area contributed by atoms with Gasteiger partial charge in [-0.3, -0.25) is 9.59 Å². The summed E-state index contributed by atoms with van der Waals surface area (Å²) in [5, 5.41) is 6.42. The van der Waals surface area contributed by atoms with Crippen molar-refractivity contribution in [2.45, 2.75) is 19.3 Å². The molecule has 2 N–H and O–H groups in total. The number of carbonyl (C=O) groups excluding carboxylic acids is 2. The van der Waals surface area contributed by atoms with E-state index in [1.807, 2.05) is 19.1 Å². The molecule has 2 amide bonds. The summed E-state index contributed by atoms with van der Waals surface area (Å²) in [4.78, 5) is 29.0. The number of carbonyl (C=O) groups is 2. The van der Waals surface area contributed by atoms with Crippen LogP contribution in [0.3, 0.4) is 0 Å². The fourth-order valence-electron chi connectivity index (χ4n) is 3.02. The lowest BCUT2D eigenvalue weighted by molar-refractivity contribution is -0.123. The van der Waals surface area contributed by atoms with E-state index in [0.29, 0.717) is 16.9 Å². The van der Waals surface area contributed by atoms with Gasteiger partial charge in [-0.05, 0) is 42.8 Å². The van der Waals surface area contributed by atoms with Crippen LogP contribution in [-0.2, 0) is 9.59 Å². The van der Waals surface area contributed by atoms with Crippen LogP contribution in [0.5, 0.6) is 0 Å². The summed E-state index contributed by atoms with van der Waals surface area (Å²) in [5.74, 6) is -1.69. The van der Waals surface area contributed by atoms with Crippen molar-refractivity contribution in [1.82, 2.24) is 4.98 Å². The second kappa shape index (κ2) is 5.93. The minimum absolute atomic E-state index is 0.0341. The second-order valence-corrected chi connectivity index (χ2v) is 7.18. The van der Waals surface area contributed by atoms with Gasteiger partial charge in [0.05, 0.1) is 21.1 Å². The van der Waals surface area contributed by atoms with Crippen LogP contribution in [0.25, 0.3) is 10.2 Å². The lowest BCUT2D eigenvalue weighted by atomic mass is 9.89. The predicted molar refractivity (Wildman–Crippen MR) is 95.4 cm³/mol. The number of benzene rings is 2. The molecule has 0 saturated carbocycles. The van der Waals surface area contributed by atoms with Gasteiger partial charge in [0.2, 0.25) is 11.8 Å². The third kappa shape index (κ3) is 2.98. The first-order valence-electron chi connectivity index (χ1n) is 7.77. The number of fused-ring (bicyclic) bond motifs is 2. The third-order valence-corrected chi connectivity index (χ3v) is 5.07. The van der Waals surface area contributed by atoms with Crippen molar-refractivity contribution in [3.63, 3.8) is 0 Å². The number of hydrogen-bond acceptors (Lipinski definition) is 4. The summed E-state index contributed by atoms with van der Waals surface area (Å²) in [7, 11) is 0. The molecule has 4 rings (SSSR count). The maximum absolute atomic E-state index is 13.4. The van der Waals surface area contributed by atoms with E-state index in [1.54, 1.807) is 23.5 Å². The van der Waals surface area contributed by atoms with Gasteiger partial charge in [0.15, 0.2) is 0 Å². The topological polar surface area (TPSA) is 71.1 Å². The Morgan fingerprint density at radius 1 is 1.32 bits per heavy atom. The molecule has 5 nitrogen and oxygen atoms in total. The van der Waals surface area contributed by atoms with E-state index in [4.69, 9.17) is 0 Å². The van der Waals surface area contributed by atoms with Gasteiger partial charge in [0.1, 0.15) is 5.82 Å². The molecule has 0 aliphatic carbocycles. The molecule has 126 valence electrons. The Hall–Kier alpha value is -2.80. The van der Waals surface area contributed by atoms with Gasteiger partial charge in [-0.25, -0.2) is 9.37 Å². The van der Waals surface area contributed by atoms with Crippen LogP contribution in [0.1, 0.15) is 22.9 Å². The van der Waals surface area contributed by atoms with Crippen molar-refractivity contribution in [1.29, 1.82) is 0 Å². The molecular weight excluding hydrogens is 341 g/mol. The molecule has 0 spiro atoms. The highest BCUT2D eigenvalue weighted by Gasteiger charge is 2.31. The first-order chi connectivity index (χ1) is 12.0. The van der Waals surface area contributed by atoms with E-state index < -0.39 is 11.7 Å². The Bertz CT molecular complexity index is 1010. The standard InChI is InChI=1S/C18H14FN3O2S/c1-9-20-14-5-3-11(7-16(14)25-9)21-18(24)13-8-17(23)22-15-6-10(19)2-4-12(13)15/h2-7,13H,8H2,1H3,(H,21,24)(H,22,23)/t13-/m1/s1. The minimum atomic E-state index is -0.650. The van der Waals surface area contributed by atoms with Gasteiger partial charge in [-0.1, -0.05) is 6.07 Å². The molecule has 1 aliphatic heterocycles. The van der Waals surface area contributed by atoms with E-state index in [1.165, 1.54) is 12.1 Å². The van der Waals surface area contributed by atoms with Gasteiger partial charge >= 0.3 is 0 Å². The van der Waals surface area contributed by atoms with E-state index in [2.05, 4.69) is 15.6 Å². The zero-order valence-corrected chi connectivity index (χ0v) is 14.1. The van der Waals surface area contributed by atoms with Crippen molar-refractivity contribution >= 4 is 44.7 Å². The molecule has 0 fully saturated rings. The lowest BCUT2D eigenvalue weighted by Crippen LogP contribution is -2.30. The van der Waals surface area contributed by atoms with Crippen LogP contribution >= 0.6 is 11.3 Å². The molecular formula is C18H14FN3O2S. The molecule has 7 heteroatoms. The maximum Gasteiger partial charge on any atom is 0.232 e. The number of hydrogen-bond donors (Lipinski definition) is 2. The highest BCUT2D eigenvalue weighted by atomic mass is 32.1. The Kier molecular flexibility index (Phi) is 3.73. The third-order valence-electron chi connectivity index (χ3n) is 4.13. The summed E-state index contributed by atoms with van der Waals surface area (Å²) in [6.07, 6.45) is 0.0341. The average molecular weight is 355 g/mol. The van der Waals surface area contributed by atoms with Gasteiger partial charge in [0, 0.05) is 17.8 Å². The van der Waals surface area contributed by atoms with E-state index in [0.717, 1.165) is 15.2 Å². The number of anilines is 2. The number of nitrogens with one attached hydrogen (secondary N) is 2. The van der Waals surface area contributed by atoms with Crippen molar-refractivity contribution in [2.24, 2.45) is 0 Å². The number of aryl methyl sites for hydroxylation is 1. The molecule has 25 heavy (non-hydrogen) atoms. The first kappa shape index (κ1) is 15.7. The van der Waals surface area contributed by atoms with Gasteiger partial charge in [0.25, 0.3) is 0 Å². The van der Waals surface area contributed by atoms with Crippen molar-refractivity contribution < 1.29 is 14.0 Å². The molecule has 1 aromatic heterocycles. The Balaban J connectivity index is 1.63. The zero-order chi connectivity index (χ0) is 17.6. The van der Waals surface area contributed by atoms with Crippen LogP contribution in [0, 0.1) is 12.7 Å². The average Bonchev–Trinajstić information content (AvgIpc) is 2.92. The summed E-state index contributed by atoms with van der Waals surface area (Å²) in [5.41, 5.74) is 2.51. The van der Waals surface area contributed by atoms with Crippen LogP contribution in [0.15, 0.2) is 36.4 Å². The SMILES string of the molecule is Cc1nc2ccc(NC(=O)[C@@H]3CC(=O)Nc4cc(F)ccc43)cc2s1. The van der Waals surface area contributed by atoms with Gasteiger partial charge < -0.3 is 10.6 Å². The van der Waals surface area contributed by atoms with Gasteiger partial charge in [-0.2, -0.15) is 0 Å². The van der Waals surface area contributed by atoms with Crippen LogP contribution < -0.4 is 10.6 Å². The quantitative estimate of drug-likeness (QED) is 0.734. The summed E-state index contributed by atoms with van der Waals surface area (Å²) in [6, 6.07) is 9.58. The molecule has 2 aromatic carbocycles. The smallest absolute Gasteiger partial charge is 0.232 e. The first-order valence-corrected chi connectivity index (χ1v) is 8.58. The molecule has 0 radical (unpaired) electrons. The van der Waals surface area contributed by atoms with Crippen molar-refractivity contribution in [3.8, 4) is 0 Å². The molecule has 0 saturated heterocycles. The number of halogens is 1. The molecule has 0 unspecified atom stereocenters. The normalized spacial score (nSPS) is 16.4. The molecule has 1 aliphatic rings. The fraction of sp³-hybridized carbons (Fsp3) is 0.167. The summed E-state index contributed by atoms with van der Waals surface area (Å²) < 4.78 is 14.4. The molecule has 0 bridgehead atoms. The minimum Gasteiger partial charge on any atom is -0.326 e. The van der Waals surface area contributed by atoms with Crippen LogP contribution in [0.4, 0.5) is 15.8 Å². The number of amides is 2. The largest absolute Gasteiger partial charge is 0.326 e. The summed E-state index contributed by atoms with van der Waals surface area (Å²) >= 11 is 1.55. The van der Waals surface area contributed by atoms with Crippen molar-refractivity contribution in [2.75, 3.05) is 10.6 Å². The maximum atomic E-state index is 13.4. The molecule has 2 heterocycles. The second-order valence-electron chi connectivity index (χ2n) is 5.94. The summed E-state index contributed by atoms with van der Waals surface area (Å²) in [6.45, 7) is 1.93. The Morgan fingerprint density at radius 3 is 3.00 bits per heavy atom. The number of thiazole rings is 1. The van der Waals surface area contributed by atoms with E-state index in [9.17, 15) is 14.0 Å². The monoisotopic (exact) mass is 355 g/mol. The Labute approximate surface area is 146 Å². The number of rotatable bonds is 2. The number of nitrogens with zero attached hydrogens (tertiary/aromatic N) is 1. The Morgan fingerprint density at radius 2 is 2.16 bits per heavy atom. The highest BCUT2D eigenvalue weighted by Crippen LogP contribution is 2.34.